The van der Waals surface area contributed by atoms with E-state index in [0.717, 1.165) is 11.4 Å². The van der Waals surface area contributed by atoms with Crippen LogP contribution in [-0.4, -0.2) is 20.7 Å². The molecule has 0 saturated carbocycles. The van der Waals surface area contributed by atoms with Crippen LogP contribution in [0.4, 0.5) is 10.1 Å². The monoisotopic (exact) mass is 394 g/mol. The number of amides is 1. The van der Waals surface area contributed by atoms with Crippen LogP contribution in [0, 0.1) is 19.7 Å². The number of nitrogens with one attached hydrogen (secondary N) is 1. The fraction of sp³-hybridized carbons (Fsp3) is 0.133. The molecule has 23 heavy (non-hydrogen) atoms. The number of thiazole rings is 1. The van der Waals surface area contributed by atoms with E-state index in [2.05, 4.69) is 31.3 Å². The van der Waals surface area contributed by atoms with Crippen LogP contribution in [-0.2, 0) is 0 Å². The summed E-state index contributed by atoms with van der Waals surface area (Å²) in [5.74, 6) is -0.840. The zero-order chi connectivity index (χ0) is 16.6. The van der Waals surface area contributed by atoms with Crippen molar-refractivity contribution < 1.29 is 9.18 Å². The van der Waals surface area contributed by atoms with Crippen LogP contribution in [0.15, 0.2) is 34.2 Å². The molecule has 0 spiro atoms. The van der Waals surface area contributed by atoms with E-state index < -0.39 is 5.82 Å². The molecule has 8 heteroatoms. The lowest BCUT2D eigenvalue weighted by Gasteiger charge is -2.08. The number of hydrogen-bond donors (Lipinski definition) is 1. The standard InChI is InChI=1S/C15H12BrFN4OS/c1-8-5-9(2)21(20-8)12-4-3-10(6-11(12)17)18-14(22)15-19-13(16)7-23-15/h3-7H,1-2H3,(H,18,22). The van der Waals surface area contributed by atoms with Crippen molar-refractivity contribution in [2.75, 3.05) is 5.32 Å². The summed E-state index contributed by atoms with van der Waals surface area (Å²) in [6.45, 7) is 3.71. The highest BCUT2D eigenvalue weighted by molar-refractivity contribution is 9.10. The van der Waals surface area contributed by atoms with Crippen LogP contribution in [0.2, 0.25) is 0 Å². The highest BCUT2D eigenvalue weighted by Gasteiger charge is 2.13. The Morgan fingerprint density at radius 1 is 1.35 bits per heavy atom. The first-order valence-electron chi connectivity index (χ1n) is 6.69. The lowest BCUT2D eigenvalue weighted by molar-refractivity contribution is 0.102. The van der Waals surface area contributed by atoms with Gasteiger partial charge in [-0.1, -0.05) is 0 Å². The molecule has 0 bridgehead atoms. The van der Waals surface area contributed by atoms with Gasteiger partial charge in [0.25, 0.3) is 5.91 Å². The molecule has 0 aliphatic heterocycles. The van der Waals surface area contributed by atoms with Crippen LogP contribution in [0.5, 0.6) is 0 Å². The molecule has 3 aromatic rings. The number of rotatable bonds is 3. The van der Waals surface area contributed by atoms with Gasteiger partial charge in [-0.2, -0.15) is 5.10 Å². The SMILES string of the molecule is Cc1cc(C)n(-c2ccc(NC(=O)c3nc(Br)cs3)cc2F)n1. The molecule has 0 unspecified atom stereocenters. The summed E-state index contributed by atoms with van der Waals surface area (Å²) in [7, 11) is 0. The Balaban J connectivity index is 1.85. The maximum absolute atomic E-state index is 14.3. The van der Waals surface area contributed by atoms with Crippen molar-refractivity contribution in [3.63, 3.8) is 0 Å². The number of carbonyl (C=O) groups is 1. The Labute approximate surface area is 144 Å². The van der Waals surface area contributed by atoms with Gasteiger partial charge in [-0.15, -0.1) is 11.3 Å². The van der Waals surface area contributed by atoms with Crippen LogP contribution in [0.3, 0.4) is 0 Å². The Hall–Kier alpha value is -2.06. The molecule has 2 aromatic heterocycles. The third-order valence-electron chi connectivity index (χ3n) is 3.11. The second kappa shape index (κ2) is 6.21. The van der Waals surface area contributed by atoms with Crippen molar-refractivity contribution in [1.82, 2.24) is 14.8 Å². The molecule has 0 saturated heterocycles. The Morgan fingerprint density at radius 3 is 2.70 bits per heavy atom. The second-order valence-electron chi connectivity index (χ2n) is 4.93. The summed E-state index contributed by atoms with van der Waals surface area (Å²) in [6.07, 6.45) is 0. The van der Waals surface area contributed by atoms with Crippen molar-refractivity contribution in [3.8, 4) is 5.69 Å². The van der Waals surface area contributed by atoms with E-state index in [0.29, 0.717) is 21.0 Å². The second-order valence-corrected chi connectivity index (χ2v) is 6.61. The first-order valence-corrected chi connectivity index (χ1v) is 8.37. The van der Waals surface area contributed by atoms with Gasteiger partial charge in [-0.3, -0.25) is 4.79 Å². The quantitative estimate of drug-likeness (QED) is 0.727. The third-order valence-corrected chi connectivity index (χ3v) is 4.66. The minimum absolute atomic E-state index is 0.305. The number of halogens is 2. The van der Waals surface area contributed by atoms with Gasteiger partial charge >= 0.3 is 0 Å². The van der Waals surface area contributed by atoms with Crippen molar-refractivity contribution in [3.05, 3.63) is 56.5 Å². The van der Waals surface area contributed by atoms with Gasteiger partial charge < -0.3 is 5.32 Å². The van der Waals surface area contributed by atoms with Gasteiger partial charge in [-0.05, 0) is 54.0 Å². The minimum Gasteiger partial charge on any atom is -0.320 e. The molecule has 1 amide bonds. The van der Waals surface area contributed by atoms with Crippen molar-refractivity contribution in [1.29, 1.82) is 0 Å². The van der Waals surface area contributed by atoms with Gasteiger partial charge in [0.2, 0.25) is 0 Å². The smallest absolute Gasteiger partial charge is 0.284 e. The normalized spacial score (nSPS) is 10.8. The van der Waals surface area contributed by atoms with Gasteiger partial charge in [0.05, 0.1) is 5.69 Å². The van der Waals surface area contributed by atoms with E-state index in [1.807, 2.05) is 19.9 Å². The van der Waals surface area contributed by atoms with E-state index >= 15 is 0 Å². The molecular formula is C15H12BrFN4OS. The van der Waals surface area contributed by atoms with Gasteiger partial charge in [0.1, 0.15) is 10.3 Å². The number of aromatic nitrogens is 3. The predicted octanol–water partition coefficient (Wildman–Crippen LogP) is 4.10. The highest BCUT2D eigenvalue weighted by atomic mass is 79.9. The van der Waals surface area contributed by atoms with E-state index in [9.17, 15) is 9.18 Å². The van der Waals surface area contributed by atoms with E-state index in [4.69, 9.17) is 0 Å². The zero-order valence-electron chi connectivity index (χ0n) is 12.3. The molecule has 0 fully saturated rings. The van der Waals surface area contributed by atoms with Gasteiger partial charge in [0, 0.05) is 16.8 Å². The van der Waals surface area contributed by atoms with Crippen LogP contribution in [0.1, 0.15) is 21.2 Å². The van der Waals surface area contributed by atoms with Gasteiger partial charge in [0.15, 0.2) is 10.8 Å². The number of carbonyl (C=O) groups excluding carboxylic acids is 1. The number of hydrogen-bond acceptors (Lipinski definition) is 4. The van der Waals surface area contributed by atoms with Crippen LogP contribution >= 0.6 is 27.3 Å². The van der Waals surface area contributed by atoms with Crippen LogP contribution < -0.4 is 5.32 Å². The summed E-state index contributed by atoms with van der Waals surface area (Å²) in [4.78, 5) is 16.1. The predicted molar refractivity (Wildman–Crippen MR) is 90.8 cm³/mol. The fourth-order valence-corrected chi connectivity index (χ4v) is 3.32. The average molecular weight is 395 g/mol. The molecule has 0 aliphatic carbocycles. The molecule has 3 rings (SSSR count). The summed E-state index contributed by atoms with van der Waals surface area (Å²) >= 11 is 4.40. The van der Waals surface area contributed by atoms with Crippen LogP contribution in [0.25, 0.3) is 5.69 Å². The third kappa shape index (κ3) is 3.32. The number of anilines is 1. The average Bonchev–Trinajstić information content (AvgIpc) is 3.05. The summed E-state index contributed by atoms with van der Waals surface area (Å²) in [5.41, 5.74) is 2.36. The summed E-state index contributed by atoms with van der Waals surface area (Å²) < 4.78 is 16.5. The molecule has 0 radical (unpaired) electrons. The maximum atomic E-state index is 14.3. The van der Waals surface area contributed by atoms with E-state index in [-0.39, 0.29) is 5.91 Å². The summed E-state index contributed by atoms with van der Waals surface area (Å²) in [5, 5.41) is 8.90. The van der Waals surface area contributed by atoms with Crippen molar-refractivity contribution in [2.24, 2.45) is 0 Å². The zero-order valence-corrected chi connectivity index (χ0v) is 14.7. The molecule has 0 atom stereocenters. The first kappa shape index (κ1) is 15.8. The minimum atomic E-state index is -0.464. The molecule has 1 aromatic carbocycles. The summed E-state index contributed by atoms with van der Waals surface area (Å²) in [6, 6.07) is 6.36. The van der Waals surface area contributed by atoms with Gasteiger partial charge in [-0.25, -0.2) is 14.1 Å². The highest BCUT2D eigenvalue weighted by Crippen LogP contribution is 2.21. The molecule has 0 aliphatic rings. The number of nitrogens with zero attached hydrogens (tertiary/aromatic N) is 3. The first-order chi connectivity index (χ1) is 10.9. The van der Waals surface area contributed by atoms with Crippen molar-refractivity contribution in [2.45, 2.75) is 13.8 Å². The lowest BCUT2D eigenvalue weighted by Crippen LogP contribution is -2.12. The fourth-order valence-electron chi connectivity index (χ4n) is 2.17. The molecule has 118 valence electrons. The largest absolute Gasteiger partial charge is 0.320 e. The molecule has 2 heterocycles. The van der Waals surface area contributed by atoms with Crippen molar-refractivity contribution >= 4 is 38.9 Å². The van der Waals surface area contributed by atoms with E-state index in [1.165, 1.54) is 22.1 Å². The Bertz CT molecular complexity index is 889. The lowest BCUT2D eigenvalue weighted by atomic mass is 10.2. The number of aryl methyl sites for hydroxylation is 2. The number of benzene rings is 1. The van der Waals surface area contributed by atoms with E-state index in [1.54, 1.807) is 17.5 Å². The maximum Gasteiger partial charge on any atom is 0.284 e. The molecular weight excluding hydrogens is 383 g/mol. The molecule has 5 nitrogen and oxygen atoms in total. The topological polar surface area (TPSA) is 59.8 Å². The Kier molecular flexibility index (Phi) is 4.27. The molecule has 1 N–H and O–H groups in total. The Morgan fingerprint density at radius 2 is 2.13 bits per heavy atom.